The van der Waals surface area contributed by atoms with Crippen molar-refractivity contribution in [3.8, 4) is 5.75 Å². The number of benzene rings is 1. The maximum absolute atomic E-state index is 12.8. The van der Waals surface area contributed by atoms with Crippen LogP contribution >= 0.6 is 0 Å². The lowest BCUT2D eigenvalue weighted by atomic mass is 9.53. The van der Waals surface area contributed by atoms with Gasteiger partial charge in [-0.15, -0.1) is 0 Å². The predicted octanol–water partition coefficient (Wildman–Crippen LogP) is 2.70. The van der Waals surface area contributed by atoms with Crippen LogP contribution in [0.5, 0.6) is 5.75 Å². The van der Waals surface area contributed by atoms with Gasteiger partial charge < -0.3 is 15.3 Å². The number of urea groups is 1. The lowest BCUT2D eigenvalue weighted by Gasteiger charge is -2.56. The van der Waals surface area contributed by atoms with Crippen LogP contribution in [-0.2, 0) is 4.79 Å². The van der Waals surface area contributed by atoms with Crippen molar-refractivity contribution in [3.05, 3.63) is 24.3 Å². The molecule has 5 aliphatic rings. The van der Waals surface area contributed by atoms with Gasteiger partial charge in [0.15, 0.2) is 0 Å². The largest absolute Gasteiger partial charge is 0.506 e. The average molecular weight is 427 g/mol. The smallest absolute Gasteiger partial charge is 0.321 e. The van der Waals surface area contributed by atoms with Crippen LogP contribution in [-0.4, -0.2) is 59.7 Å². The van der Waals surface area contributed by atoms with Crippen molar-refractivity contribution < 1.29 is 14.7 Å². The summed E-state index contributed by atoms with van der Waals surface area (Å²) in [6.07, 6.45) is 7.20. The molecule has 3 N–H and O–H groups in total. The monoisotopic (exact) mass is 426 g/mol. The number of phenols is 1. The van der Waals surface area contributed by atoms with Gasteiger partial charge in [0.2, 0.25) is 5.91 Å². The Morgan fingerprint density at radius 2 is 1.58 bits per heavy atom. The molecule has 7 nitrogen and oxygen atoms in total. The Bertz CT molecular complexity index is 814. The minimum atomic E-state index is -0.367. The van der Waals surface area contributed by atoms with Crippen LogP contribution in [0.25, 0.3) is 0 Å². The third kappa shape index (κ3) is 4.12. The van der Waals surface area contributed by atoms with E-state index >= 15 is 0 Å². The molecule has 1 aromatic rings. The van der Waals surface area contributed by atoms with E-state index in [1.807, 2.05) is 25.1 Å². The minimum Gasteiger partial charge on any atom is -0.506 e. The molecule has 4 saturated carbocycles. The molecule has 1 aliphatic heterocycles. The topological polar surface area (TPSA) is 84.9 Å². The van der Waals surface area contributed by atoms with Crippen LogP contribution in [0.3, 0.4) is 0 Å². The van der Waals surface area contributed by atoms with Gasteiger partial charge in [-0.3, -0.25) is 15.0 Å². The quantitative estimate of drug-likeness (QED) is 0.689. The summed E-state index contributed by atoms with van der Waals surface area (Å²) in [6, 6.07) is 6.65. The standard InChI is InChI=1S/C24H34N4O3/c1-16(27-6-8-28(9-7-27)20-4-2-3-5-21(20)29)22(30)25-23(31)26-24-13-17-10-18(14-24)12-19(11-17)15-24/h2-5,16-19,29H,6-15H2,1H3,(H2,25,26,30,31). The maximum atomic E-state index is 12.8. The van der Waals surface area contributed by atoms with Crippen LogP contribution in [0.15, 0.2) is 24.3 Å². The van der Waals surface area contributed by atoms with E-state index in [0.29, 0.717) is 13.1 Å². The summed E-state index contributed by atoms with van der Waals surface area (Å²) in [5.41, 5.74) is 0.736. The first kappa shape index (κ1) is 20.6. The van der Waals surface area contributed by atoms with Gasteiger partial charge >= 0.3 is 6.03 Å². The van der Waals surface area contributed by atoms with Crippen molar-refractivity contribution in [2.45, 2.75) is 57.0 Å². The van der Waals surface area contributed by atoms with E-state index in [9.17, 15) is 14.7 Å². The predicted molar refractivity (Wildman–Crippen MR) is 119 cm³/mol. The van der Waals surface area contributed by atoms with E-state index in [1.54, 1.807) is 6.07 Å². The Hall–Kier alpha value is -2.28. The Labute approximate surface area is 184 Å². The molecule has 1 heterocycles. The Kier molecular flexibility index (Phi) is 5.32. The van der Waals surface area contributed by atoms with E-state index in [-0.39, 0.29) is 29.3 Å². The highest BCUT2D eigenvalue weighted by molar-refractivity contribution is 5.97. The van der Waals surface area contributed by atoms with E-state index in [1.165, 1.54) is 19.3 Å². The normalized spacial score (nSPS) is 33.2. The van der Waals surface area contributed by atoms with Gasteiger partial charge in [-0.05, 0) is 75.3 Å². The minimum absolute atomic E-state index is 0.0916. The number of carbonyl (C=O) groups is 2. The van der Waals surface area contributed by atoms with Crippen molar-refractivity contribution in [3.63, 3.8) is 0 Å². The number of nitrogens with zero attached hydrogens (tertiary/aromatic N) is 2. The Balaban J connectivity index is 1.12. The van der Waals surface area contributed by atoms with E-state index < -0.39 is 0 Å². The number of amides is 3. The molecule has 168 valence electrons. The SMILES string of the molecule is CC(C(=O)NC(=O)NC12CC3CC(CC(C3)C1)C2)N1CCN(c2ccccc2O)CC1. The summed E-state index contributed by atoms with van der Waals surface area (Å²) in [5, 5.41) is 15.9. The van der Waals surface area contributed by atoms with Gasteiger partial charge in [0.25, 0.3) is 0 Å². The summed E-state index contributed by atoms with van der Waals surface area (Å²) in [6.45, 7) is 4.74. The summed E-state index contributed by atoms with van der Waals surface area (Å²) >= 11 is 0. The van der Waals surface area contributed by atoms with Crippen LogP contribution in [0.1, 0.15) is 45.4 Å². The molecule has 0 spiro atoms. The lowest BCUT2D eigenvalue weighted by Crippen LogP contribution is -2.63. The molecule has 1 aromatic carbocycles. The number of hydrogen-bond donors (Lipinski definition) is 3. The number of hydrogen-bond acceptors (Lipinski definition) is 5. The molecule has 1 atom stereocenters. The third-order valence-corrected chi connectivity index (χ3v) is 8.12. The number of phenolic OH excluding ortho intramolecular Hbond substituents is 1. The zero-order valence-corrected chi connectivity index (χ0v) is 18.3. The van der Waals surface area contributed by atoms with Gasteiger partial charge in [-0.1, -0.05) is 12.1 Å². The van der Waals surface area contributed by atoms with Crippen LogP contribution in [0.2, 0.25) is 0 Å². The molecular formula is C24H34N4O3. The highest BCUT2D eigenvalue weighted by atomic mass is 16.3. The van der Waals surface area contributed by atoms with Gasteiger partial charge in [0.1, 0.15) is 5.75 Å². The van der Waals surface area contributed by atoms with Crippen molar-refractivity contribution in [1.29, 1.82) is 0 Å². The lowest BCUT2D eigenvalue weighted by molar-refractivity contribution is -0.125. The van der Waals surface area contributed by atoms with Gasteiger partial charge in [-0.25, -0.2) is 4.79 Å². The Morgan fingerprint density at radius 1 is 1.00 bits per heavy atom. The zero-order valence-electron chi connectivity index (χ0n) is 18.3. The van der Waals surface area contributed by atoms with E-state index in [2.05, 4.69) is 20.4 Å². The second kappa shape index (κ2) is 8.01. The molecule has 0 aromatic heterocycles. The molecule has 6 rings (SSSR count). The molecule has 4 aliphatic carbocycles. The van der Waals surface area contributed by atoms with E-state index in [0.717, 1.165) is 55.8 Å². The van der Waals surface area contributed by atoms with Gasteiger partial charge in [-0.2, -0.15) is 0 Å². The number of anilines is 1. The number of para-hydroxylation sites is 2. The molecule has 1 unspecified atom stereocenters. The Morgan fingerprint density at radius 3 is 2.16 bits per heavy atom. The fourth-order valence-electron chi connectivity index (χ4n) is 7.00. The molecule has 1 saturated heterocycles. The highest BCUT2D eigenvalue weighted by Crippen LogP contribution is 2.55. The van der Waals surface area contributed by atoms with Crippen molar-refractivity contribution in [2.75, 3.05) is 31.1 Å². The summed E-state index contributed by atoms with van der Waals surface area (Å²) < 4.78 is 0. The van der Waals surface area contributed by atoms with Crippen molar-refractivity contribution >= 4 is 17.6 Å². The summed E-state index contributed by atoms with van der Waals surface area (Å²) in [5.74, 6) is 2.30. The second-order valence-electron chi connectivity index (χ2n) is 10.3. The molecule has 0 radical (unpaired) electrons. The number of rotatable bonds is 4. The fourth-order valence-corrected chi connectivity index (χ4v) is 7.00. The number of imide groups is 1. The molecule has 4 bridgehead atoms. The zero-order chi connectivity index (χ0) is 21.6. The second-order valence-corrected chi connectivity index (χ2v) is 10.3. The van der Waals surface area contributed by atoms with Gasteiger partial charge in [0, 0.05) is 31.7 Å². The molecule has 3 amide bonds. The van der Waals surface area contributed by atoms with Crippen LogP contribution in [0, 0.1) is 17.8 Å². The van der Waals surface area contributed by atoms with Gasteiger partial charge in [0.05, 0.1) is 11.7 Å². The molecule has 31 heavy (non-hydrogen) atoms. The van der Waals surface area contributed by atoms with E-state index in [4.69, 9.17) is 0 Å². The third-order valence-electron chi connectivity index (χ3n) is 8.12. The fraction of sp³-hybridized carbons (Fsp3) is 0.667. The first-order valence-corrected chi connectivity index (χ1v) is 11.8. The molecular weight excluding hydrogens is 392 g/mol. The summed E-state index contributed by atoms with van der Waals surface area (Å²) in [7, 11) is 0. The first-order chi connectivity index (χ1) is 14.9. The molecule has 7 heteroatoms. The van der Waals surface area contributed by atoms with Crippen LogP contribution in [0.4, 0.5) is 10.5 Å². The number of piperazine rings is 1. The van der Waals surface area contributed by atoms with Crippen molar-refractivity contribution in [1.82, 2.24) is 15.5 Å². The van der Waals surface area contributed by atoms with Crippen LogP contribution < -0.4 is 15.5 Å². The highest BCUT2D eigenvalue weighted by Gasteiger charge is 2.51. The molecule has 5 fully saturated rings. The first-order valence-electron chi connectivity index (χ1n) is 11.8. The number of nitrogens with one attached hydrogen (secondary N) is 2. The number of carbonyl (C=O) groups excluding carboxylic acids is 2. The van der Waals surface area contributed by atoms with Crippen molar-refractivity contribution in [2.24, 2.45) is 17.8 Å². The average Bonchev–Trinajstić information content (AvgIpc) is 2.72. The maximum Gasteiger partial charge on any atom is 0.321 e. The summed E-state index contributed by atoms with van der Waals surface area (Å²) in [4.78, 5) is 29.7. The number of aromatic hydroxyl groups is 1.